The molecular formula is C9H7F4NO4. The Hall–Kier alpha value is -2.06. The molecule has 1 heterocycles. The Morgan fingerprint density at radius 2 is 2.11 bits per heavy atom. The number of alkyl halides is 4. The van der Waals surface area contributed by atoms with Gasteiger partial charge in [-0.25, -0.2) is 9.18 Å². The molecule has 5 nitrogen and oxygen atoms in total. The summed E-state index contributed by atoms with van der Waals surface area (Å²) in [6, 6.07) is 0. The summed E-state index contributed by atoms with van der Waals surface area (Å²) in [5, 5.41) is 9.28. The van der Waals surface area contributed by atoms with Crippen molar-refractivity contribution in [2.75, 3.05) is 7.11 Å². The van der Waals surface area contributed by atoms with Gasteiger partial charge in [0.25, 0.3) is 0 Å². The molecule has 0 aliphatic heterocycles. The Labute approximate surface area is 98.0 Å². The maximum atomic E-state index is 12.5. The first-order valence-corrected chi connectivity index (χ1v) is 4.41. The van der Waals surface area contributed by atoms with Crippen LogP contribution in [-0.2, 0) is 11.4 Å². The molecule has 0 aromatic carbocycles. The van der Waals surface area contributed by atoms with Crippen molar-refractivity contribution >= 4 is 5.97 Å². The second kappa shape index (κ2) is 5.07. The quantitative estimate of drug-likeness (QED) is 0.670. The molecule has 1 N–H and O–H groups in total. The number of methoxy groups -OCH3 is 1. The average Bonchev–Trinajstić information content (AvgIpc) is 2.27. The van der Waals surface area contributed by atoms with Crippen molar-refractivity contribution in [1.29, 1.82) is 0 Å². The number of aromatic nitrogens is 1. The van der Waals surface area contributed by atoms with Gasteiger partial charge in [0.2, 0.25) is 0 Å². The van der Waals surface area contributed by atoms with Crippen molar-refractivity contribution in [3.63, 3.8) is 0 Å². The maximum absolute atomic E-state index is 12.5. The molecule has 1 rings (SSSR count). The first kappa shape index (κ1) is 14.0. The number of hydrogen-bond acceptors (Lipinski definition) is 5. The van der Waals surface area contributed by atoms with Gasteiger partial charge < -0.3 is 14.6 Å². The summed E-state index contributed by atoms with van der Waals surface area (Å²) >= 11 is 0. The fraction of sp³-hybridized carbons (Fsp3) is 0.333. The van der Waals surface area contributed by atoms with Crippen LogP contribution in [0.3, 0.4) is 0 Å². The zero-order valence-corrected chi connectivity index (χ0v) is 8.92. The number of aromatic hydroxyl groups is 1. The van der Waals surface area contributed by atoms with Crippen LogP contribution in [0, 0.1) is 0 Å². The Balaban J connectivity index is 3.41. The lowest BCUT2D eigenvalue weighted by atomic mass is 10.2. The minimum atomic E-state index is -5.16. The number of carbonyl (C=O) groups excluding carboxylic acids is 1. The number of esters is 1. The third-order valence-corrected chi connectivity index (χ3v) is 1.82. The smallest absolute Gasteiger partial charge is 0.505 e. The van der Waals surface area contributed by atoms with Crippen LogP contribution in [-0.4, -0.2) is 29.5 Å². The van der Waals surface area contributed by atoms with Crippen LogP contribution in [0.2, 0.25) is 0 Å². The summed E-state index contributed by atoms with van der Waals surface area (Å²) in [6.45, 7) is -1.41. The molecule has 0 atom stereocenters. The molecule has 18 heavy (non-hydrogen) atoms. The second-order valence-corrected chi connectivity index (χ2v) is 2.97. The summed E-state index contributed by atoms with van der Waals surface area (Å²) < 4.78 is 56.6. The van der Waals surface area contributed by atoms with Gasteiger partial charge in [0.05, 0.1) is 13.3 Å². The molecule has 0 unspecified atom stereocenters. The average molecular weight is 269 g/mol. The van der Waals surface area contributed by atoms with Crippen molar-refractivity contribution in [3.05, 3.63) is 17.5 Å². The highest BCUT2D eigenvalue weighted by molar-refractivity contribution is 5.95. The molecule has 0 saturated heterocycles. The lowest BCUT2D eigenvalue weighted by Gasteiger charge is -2.14. The minimum Gasteiger partial charge on any atom is -0.505 e. The highest BCUT2D eigenvalue weighted by Gasteiger charge is 2.36. The molecule has 9 heteroatoms. The summed E-state index contributed by atoms with van der Waals surface area (Å²) in [7, 11) is 0.884. The fourth-order valence-corrected chi connectivity index (χ4v) is 1.14. The van der Waals surface area contributed by atoms with E-state index in [1.165, 1.54) is 0 Å². The molecule has 0 bridgehead atoms. The molecule has 0 spiro atoms. The number of ether oxygens (including phenoxy) is 2. The zero-order chi connectivity index (χ0) is 13.9. The van der Waals surface area contributed by atoms with E-state index in [9.17, 15) is 27.5 Å². The standard InChI is InChI=1S/C9H7F4NO4/c1-17-8(16)6-5(15)3-14-4(2-10)7(6)18-9(11,12)13/h3,15H,2H2,1H3. The van der Waals surface area contributed by atoms with Gasteiger partial charge in [-0.05, 0) is 0 Å². The fourth-order valence-electron chi connectivity index (χ4n) is 1.14. The van der Waals surface area contributed by atoms with E-state index < -0.39 is 41.8 Å². The molecule has 100 valence electrons. The van der Waals surface area contributed by atoms with Gasteiger partial charge in [0.1, 0.15) is 17.9 Å². The van der Waals surface area contributed by atoms with Crippen LogP contribution < -0.4 is 4.74 Å². The van der Waals surface area contributed by atoms with Crippen LogP contribution in [0.1, 0.15) is 16.1 Å². The van der Waals surface area contributed by atoms with Crippen molar-refractivity contribution < 1.29 is 36.9 Å². The molecule has 0 saturated carbocycles. The van der Waals surface area contributed by atoms with E-state index in [2.05, 4.69) is 14.5 Å². The number of pyridine rings is 1. The maximum Gasteiger partial charge on any atom is 0.573 e. The van der Waals surface area contributed by atoms with Gasteiger partial charge in [0, 0.05) is 0 Å². The first-order valence-electron chi connectivity index (χ1n) is 4.41. The molecule has 1 aromatic heterocycles. The third kappa shape index (κ3) is 2.99. The third-order valence-electron chi connectivity index (χ3n) is 1.82. The Morgan fingerprint density at radius 3 is 2.56 bits per heavy atom. The SMILES string of the molecule is COC(=O)c1c(O)cnc(CF)c1OC(F)(F)F. The minimum absolute atomic E-state index is 0.629. The number of nitrogens with zero attached hydrogens (tertiary/aromatic N) is 1. The summed E-state index contributed by atoms with van der Waals surface area (Å²) in [5.41, 5.74) is -1.71. The highest BCUT2D eigenvalue weighted by atomic mass is 19.4. The van der Waals surface area contributed by atoms with Crippen LogP contribution >= 0.6 is 0 Å². The molecule has 0 amide bonds. The lowest BCUT2D eigenvalue weighted by molar-refractivity contribution is -0.275. The predicted octanol–water partition coefficient (Wildman–Crippen LogP) is 1.94. The van der Waals surface area contributed by atoms with Crippen LogP contribution in [0.4, 0.5) is 17.6 Å². The van der Waals surface area contributed by atoms with Gasteiger partial charge in [-0.2, -0.15) is 0 Å². The van der Waals surface area contributed by atoms with Crippen LogP contribution in [0.5, 0.6) is 11.5 Å². The second-order valence-electron chi connectivity index (χ2n) is 2.97. The van der Waals surface area contributed by atoms with E-state index >= 15 is 0 Å². The van der Waals surface area contributed by atoms with Crippen molar-refractivity contribution in [2.45, 2.75) is 13.0 Å². The van der Waals surface area contributed by atoms with Gasteiger partial charge in [-0.1, -0.05) is 0 Å². The monoisotopic (exact) mass is 269 g/mol. The van der Waals surface area contributed by atoms with Crippen molar-refractivity contribution in [1.82, 2.24) is 4.98 Å². The van der Waals surface area contributed by atoms with Crippen LogP contribution in [0.15, 0.2) is 6.20 Å². The summed E-state index contributed by atoms with van der Waals surface area (Å²) in [6.07, 6.45) is -4.54. The Kier molecular flexibility index (Phi) is 3.94. The van der Waals surface area contributed by atoms with E-state index in [1.54, 1.807) is 0 Å². The van der Waals surface area contributed by atoms with Gasteiger partial charge >= 0.3 is 12.3 Å². The van der Waals surface area contributed by atoms with E-state index in [-0.39, 0.29) is 0 Å². The number of hydrogen-bond donors (Lipinski definition) is 1. The first-order chi connectivity index (χ1) is 8.30. The van der Waals surface area contributed by atoms with E-state index in [4.69, 9.17) is 0 Å². The van der Waals surface area contributed by atoms with Gasteiger partial charge in [-0.3, -0.25) is 4.98 Å². The zero-order valence-electron chi connectivity index (χ0n) is 8.92. The number of carbonyl (C=O) groups is 1. The Morgan fingerprint density at radius 1 is 1.50 bits per heavy atom. The summed E-state index contributed by atoms with van der Waals surface area (Å²) in [4.78, 5) is 14.4. The van der Waals surface area contributed by atoms with Gasteiger partial charge in [-0.15, -0.1) is 13.2 Å². The molecule has 1 aromatic rings. The van der Waals surface area contributed by atoms with Crippen molar-refractivity contribution in [3.8, 4) is 11.5 Å². The molecule has 0 aliphatic carbocycles. The highest BCUT2D eigenvalue weighted by Crippen LogP contribution is 2.34. The van der Waals surface area contributed by atoms with E-state index in [0.717, 1.165) is 7.11 Å². The molecule has 0 aliphatic rings. The van der Waals surface area contributed by atoms with Gasteiger partial charge in [0.15, 0.2) is 11.5 Å². The molecule has 0 fully saturated rings. The Bertz CT molecular complexity index is 461. The number of halogens is 4. The molecule has 0 radical (unpaired) electrons. The van der Waals surface area contributed by atoms with E-state index in [0.29, 0.717) is 6.20 Å². The lowest BCUT2D eigenvalue weighted by Crippen LogP contribution is -2.21. The summed E-state index contributed by atoms with van der Waals surface area (Å²) in [5.74, 6) is -3.42. The topological polar surface area (TPSA) is 68.7 Å². The van der Waals surface area contributed by atoms with E-state index in [1.807, 2.05) is 0 Å². The largest absolute Gasteiger partial charge is 0.573 e. The number of rotatable bonds is 3. The normalized spacial score (nSPS) is 11.2. The molecular weight excluding hydrogens is 262 g/mol. The van der Waals surface area contributed by atoms with Crippen LogP contribution in [0.25, 0.3) is 0 Å². The van der Waals surface area contributed by atoms with Crippen molar-refractivity contribution in [2.24, 2.45) is 0 Å². The predicted molar refractivity (Wildman–Crippen MR) is 48.7 cm³/mol.